The highest BCUT2D eigenvalue weighted by molar-refractivity contribution is 7.20. The van der Waals surface area contributed by atoms with Crippen molar-refractivity contribution < 1.29 is 4.79 Å². The first kappa shape index (κ1) is 9.50. The summed E-state index contributed by atoms with van der Waals surface area (Å²) < 4.78 is 1.11. The zero-order chi connectivity index (χ0) is 9.42. The molecule has 2 rings (SSSR count). The maximum absolute atomic E-state index is 11.6. The molecule has 0 radical (unpaired) electrons. The minimum Gasteiger partial charge on any atom is -0.294 e. The van der Waals surface area contributed by atoms with Crippen molar-refractivity contribution in [2.45, 2.75) is 19.3 Å². The van der Waals surface area contributed by atoms with Gasteiger partial charge in [0.05, 0.1) is 4.34 Å². The molecule has 1 saturated carbocycles. The van der Waals surface area contributed by atoms with Crippen LogP contribution in [0, 0.1) is 5.92 Å². The van der Waals surface area contributed by atoms with Gasteiger partial charge < -0.3 is 0 Å². The Kier molecular flexibility index (Phi) is 2.63. The molecule has 1 fully saturated rings. The smallest absolute Gasteiger partial charge is 0.165 e. The highest BCUT2D eigenvalue weighted by Crippen LogP contribution is 2.37. The summed E-state index contributed by atoms with van der Waals surface area (Å²) in [5.74, 6) is 0.734. The lowest BCUT2D eigenvalue weighted by Gasteiger charge is -1.95. The van der Waals surface area contributed by atoms with Gasteiger partial charge >= 0.3 is 0 Å². The second kappa shape index (κ2) is 3.60. The van der Waals surface area contributed by atoms with Crippen LogP contribution in [0.1, 0.15) is 29.6 Å². The summed E-state index contributed by atoms with van der Waals surface area (Å²) in [6.45, 7) is 0. The predicted molar refractivity (Wildman–Crippen MR) is 56.0 cm³/mol. The minimum atomic E-state index is 0.135. The van der Waals surface area contributed by atoms with Crippen molar-refractivity contribution >= 4 is 40.3 Å². The van der Waals surface area contributed by atoms with Gasteiger partial charge in [-0.05, 0) is 24.8 Å². The third kappa shape index (κ3) is 2.25. The van der Waals surface area contributed by atoms with Gasteiger partial charge in [-0.1, -0.05) is 23.2 Å². The highest BCUT2D eigenvalue weighted by atomic mass is 35.5. The van der Waals surface area contributed by atoms with Gasteiger partial charge in [0.2, 0.25) is 0 Å². The SMILES string of the molecule is O=C(CC1CC1)c1cc(Cl)sc1Cl. The lowest BCUT2D eigenvalue weighted by atomic mass is 10.1. The number of rotatable bonds is 3. The number of hydrogen-bond acceptors (Lipinski definition) is 2. The molecule has 0 spiro atoms. The standard InChI is InChI=1S/C9H8Cl2OS/c10-8-4-6(9(11)13-8)7(12)3-5-1-2-5/h4-5H,1-3H2. The molecule has 1 heterocycles. The first-order valence-electron chi connectivity index (χ1n) is 4.15. The lowest BCUT2D eigenvalue weighted by Crippen LogP contribution is -1.98. The quantitative estimate of drug-likeness (QED) is 0.722. The highest BCUT2D eigenvalue weighted by Gasteiger charge is 2.26. The average Bonchev–Trinajstić information content (AvgIpc) is 2.77. The topological polar surface area (TPSA) is 17.1 Å². The second-order valence-corrected chi connectivity index (χ2v) is 5.59. The number of thiophene rings is 1. The van der Waals surface area contributed by atoms with Crippen molar-refractivity contribution in [1.29, 1.82) is 0 Å². The van der Waals surface area contributed by atoms with Gasteiger partial charge in [0, 0.05) is 12.0 Å². The number of halogens is 2. The fourth-order valence-corrected chi connectivity index (χ4v) is 2.72. The van der Waals surface area contributed by atoms with Crippen molar-refractivity contribution in [3.63, 3.8) is 0 Å². The monoisotopic (exact) mass is 234 g/mol. The Morgan fingerprint density at radius 2 is 2.23 bits per heavy atom. The van der Waals surface area contributed by atoms with Crippen molar-refractivity contribution in [3.8, 4) is 0 Å². The van der Waals surface area contributed by atoms with Crippen LogP contribution in [0.5, 0.6) is 0 Å². The van der Waals surface area contributed by atoms with Crippen LogP contribution in [-0.4, -0.2) is 5.78 Å². The fraction of sp³-hybridized carbons (Fsp3) is 0.444. The molecule has 70 valence electrons. The van der Waals surface area contributed by atoms with Crippen molar-refractivity contribution in [3.05, 3.63) is 20.3 Å². The van der Waals surface area contributed by atoms with Gasteiger partial charge in [-0.2, -0.15) is 0 Å². The number of ketones is 1. The van der Waals surface area contributed by atoms with E-state index >= 15 is 0 Å². The van der Waals surface area contributed by atoms with Crippen LogP contribution in [0.4, 0.5) is 0 Å². The number of Topliss-reactive ketones (excluding diaryl/α,β-unsaturated/α-hetero) is 1. The van der Waals surface area contributed by atoms with Gasteiger partial charge in [0.15, 0.2) is 5.78 Å². The Morgan fingerprint density at radius 3 is 2.69 bits per heavy atom. The number of carbonyl (C=O) groups is 1. The van der Waals surface area contributed by atoms with Gasteiger partial charge in [0.1, 0.15) is 4.34 Å². The first-order chi connectivity index (χ1) is 6.16. The molecule has 1 aromatic rings. The zero-order valence-corrected chi connectivity index (χ0v) is 9.18. The summed E-state index contributed by atoms with van der Waals surface area (Å²) in [4.78, 5) is 11.6. The Hall–Kier alpha value is -0.0500. The van der Waals surface area contributed by atoms with E-state index in [1.54, 1.807) is 6.07 Å². The first-order valence-corrected chi connectivity index (χ1v) is 5.72. The number of carbonyl (C=O) groups excluding carboxylic acids is 1. The molecule has 0 aliphatic heterocycles. The van der Waals surface area contributed by atoms with E-state index in [4.69, 9.17) is 23.2 Å². The van der Waals surface area contributed by atoms with Crippen LogP contribution in [0.2, 0.25) is 8.67 Å². The van der Waals surface area contributed by atoms with E-state index in [1.807, 2.05) is 0 Å². The van der Waals surface area contributed by atoms with E-state index in [1.165, 1.54) is 24.2 Å². The van der Waals surface area contributed by atoms with E-state index in [0.29, 0.717) is 26.6 Å². The third-order valence-electron chi connectivity index (χ3n) is 2.13. The molecule has 0 saturated heterocycles. The van der Waals surface area contributed by atoms with Gasteiger partial charge in [-0.15, -0.1) is 11.3 Å². The normalized spacial score (nSPS) is 16.2. The van der Waals surface area contributed by atoms with Crippen LogP contribution in [0.15, 0.2) is 6.07 Å². The van der Waals surface area contributed by atoms with Crippen molar-refractivity contribution in [2.75, 3.05) is 0 Å². The van der Waals surface area contributed by atoms with Crippen molar-refractivity contribution in [2.24, 2.45) is 5.92 Å². The van der Waals surface area contributed by atoms with Crippen LogP contribution in [0.25, 0.3) is 0 Å². The number of hydrogen-bond donors (Lipinski definition) is 0. The van der Waals surface area contributed by atoms with E-state index < -0.39 is 0 Å². The van der Waals surface area contributed by atoms with E-state index in [-0.39, 0.29) is 5.78 Å². The largest absolute Gasteiger partial charge is 0.294 e. The summed E-state index contributed by atoms with van der Waals surface area (Å²) in [5, 5.41) is 0. The Labute approximate surface area is 90.7 Å². The maximum Gasteiger partial charge on any atom is 0.165 e. The molecule has 0 aromatic carbocycles. The van der Waals surface area contributed by atoms with Gasteiger partial charge in [0.25, 0.3) is 0 Å². The molecule has 0 atom stereocenters. The molecule has 13 heavy (non-hydrogen) atoms. The zero-order valence-electron chi connectivity index (χ0n) is 6.85. The van der Waals surface area contributed by atoms with Gasteiger partial charge in [-0.25, -0.2) is 0 Å². The fourth-order valence-electron chi connectivity index (χ4n) is 1.22. The lowest BCUT2D eigenvalue weighted by molar-refractivity contribution is 0.0976. The molecule has 1 aromatic heterocycles. The average molecular weight is 235 g/mol. The molecule has 0 N–H and O–H groups in total. The third-order valence-corrected chi connectivity index (χ3v) is 3.62. The predicted octanol–water partition coefficient (Wildman–Crippen LogP) is 4.04. The maximum atomic E-state index is 11.6. The van der Waals surface area contributed by atoms with E-state index in [0.717, 1.165) is 0 Å². The van der Waals surface area contributed by atoms with E-state index in [9.17, 15) is 4.79 Å². The summed E-state index contributed by atoms with van der Waals surface area (Å²) in [7, 11) is 0. The van der Waals surface area contributed by atoms with Gasteiger partial charge in [-0.3, -0.25) is 4.79 Å². The molecule has 0 bridgehead atoms. The summed E-state index contributed by atoms with van der Waals surface area (Å²) >= 11 is 12.9. The molecule has 0 amide bonds. The van der Waals surface area contributed by atoms with Crippen LogP contribution >= 0.6 is 34.5 Å². The molecule has 1 aliphatic rings. The molecule has 4 heteroatoms. The van der Waals surface area contributed by atoms with Crippen LogP contribution < -0.4 is 0 Å². The Balaban J connectivity index is 2.13. The molecule has 1 nitrogen and oxygen atoms in total. The van der Waals surface area contributed by atoms with Crippen LogP contribution in [-0.2, 0) is 0 Å². The summed E-state index contributed by atoms with van der Waals surface area (Å²) in [5.41, 5.74) is 0.601. The molecule has 0 unspecified atom stereocenters. The molecular weight excluding hydrogens is 227 g/mol. The summed E-state index contributed by atoms with van der Waals surface area (Å²) in [6.07, 6.45) is 3.00. The van der Waals surface area contributed by atoms with Crippen molar-refractivity contribution in [1.82, 2.24) is 0 Å². The second-order valence-electron chi connectivity index (χ2n) is 3.31. The minimum absolute atomic E-state index is 0.135. The molecular formula is C9H8Cl2OS. The van der Waals surface area contributed by atoms with E-state index in [2.05, 4.69) is 0 Å². The van der Waals surface area contributed by atoms with Crippen LogP contribution in [0.3, 0.4) is 0 Å². The Morgan fingerprint density at radius 1 is 1.54 bits per heavy atom. The summed E-state index contributed by atoms with van der Waals surface area (Å²) in [6, 6.07) is 1.67. The Bertz CT molecular complexity index is 341. The molecule has 1 aliphatic carbocycles.